The Bertz CT molecular complexity index is 301. The molecule has 4 saturated carbocycles. The van der Waals surface area contributed by atoms with Crippen molar-refractivity contribution in [2.75, 3.05) is 0 Å². The number of carbonyl (C=O) groups excluding carboxylic acids is 1. The van der Waals surface area contributed by atoms with Crippen LogP contribution in [0.4, 0.5) is 4.39 Å². The highest BCUT2D eigenvalue weighted by Crippen LogP contribution is 2.58. The first-order valence-corrected chi connectivity index (χ1v) is 5.96. The fourth-order valence-corrected chi connectivity index (χ4v) is 4.67. The van der Waals surface area contributed by atoms with Gasteiger partial charge in [-0.25, -0.2) is 4.39 Å². The van der Waals surface area contributed by atoms with Crippen molar-refractivity contribution in [2.24, 2.45) is 11.8 Å². The predicted molar refractivity (Wildman–Crippen MR) is 55.1 cm³/mol. The lowest BCUT2D eigenvalue weighted by Crippen LogP contribution is -2.64. The van der Waals surface area contributed by atoms with Crippen molar-refractivity contribution >= 4 is 5.91 Å². The van der Waals surface area contributed by atoms with Gasteiger partial charge in [0, 0.05) is 18.9 Å². The maximum Gasteiger partial charge on any atom is 0.217 e. The van der Waals surface area contributed by atoms with Gasteiger partial charge in [-0.05, 0) is 43.9 Å². The van der Waals surface area contributed by atoms with Gasteiger partial charge in [0.2, 0.25) is 5.91 Å². The van der Waals surface area contributed by atoms with Gasteiger partial charge in [0.05, 0.1) is 0 Å². The summed E-state index contributed by atoms with van der Waals surface area (Å²) in [7, 11) is 0. The van der Waals surface area contributed by atoms with Crippen molar-refractivity contribution in [3.63, 3.8) is 0 Å². The highest BCUT2D eigenvalue weighted by molar-refractivity contribution is 5.74. The molecule has 15 heavy (non-hydrogen) atoms. The van der Waals surface area contributed by atoms with Crippen molar-refractivity contribution in [3.8, 4) is 0 Å². The van der Waals surface area contributed by atoms with Gasteiger partial charge < -0.3 is 5.32 Å². The zero-order valence-corrected chi connectivity index (χ0v) is 9.18. The zero-order valence-electron chi connectivity index (χ0n) is 9.18. The molecule has 0 aliphatic heterocycles. The zero-order chi connectivity index (χ0) is 10.7. The topological polar surface area (TPSA) is 29.1 Å². The van der Waals surface area contributed by atoms with Crippen molar-refractivity contribution in [1.29, 1.82) is 0 Å². The molecular formula is C12H18FNO. The van der Waals surface area contributed by atoms with E-state index < -0.39 is 5.67 Å². The molecule has 0 aromatic heterocycles. The molecular weight excluding hydrogens is 193 g/mol. The number of amides is 1. The minimum atomic E-state index is -0.966. The third-order valence-electron chi connectivity index (χ3n) is 4.43. The van der Waals surface area contributed by atoms with Crippen molar-refractivity contribution in [1.82, 2.24) is 5.32 Å². The number of halogens is 1. The first-order chi connectivity index (χ1) is 6.99. The Morgan fingerprint density at radius 3 is 2.33 bits per heavy atom. The lowest BCUT2D eigenvalue weighted by atomic mass is 9.51. The molecule has 4 aliphatic rings. The van der Waals surface area contributed by atoms with Crippen LogP contribution in [0.2, 0.25) is 0 Å². The third-order valence-corrected chi connectivity index (χ3v) is 4.43. The Balaban J connectivity index is 1.89. The van der Waals surface area contributed by atoms with Crippen LogP contribution in [-0.2, 0) is 4.79 Å². The van der Waals surface area contributed by atoms with Gasteiger partial charge in [0.25, 0.3) is 0 Å². The first-order valence-electron chi connectivity index (χ1n) is 5.96. The second-order valence-corrected chi connectivity index (χ2v) is 6.07. The van der Waals surface area contributed by atoms with E-state index >= 15 is 0 Å². The molecule has 3 heteroatoms. The van der Waals surface area contributed by atoms with E-state index in [1.165, 1.54) is 6.42 Å². The SMILES string of the molecule is CC(=O)NC12C[C@@H]3C[C@@H](CC(F)(C3)C1)C2. The van der Waals surface area contributed by atoms with E-state index in [1.54, 1.807) is 6.92 Å². The summed E-state index contributed by atoms with van der Waals surface area (Å²) in [5, 5.41) is 3.03. The van der Waals surface area contributed by atoms with Crippen LogP contribution in [0, 0.1) is 11.8 Å². The molecule has 0 spiro atoms. The average Bonchev–Trinajstić information content (AvgIpc) is 1.94. The van der Waals surface area contributed by atoms with Crippen LogP contribution in [0.3, 0.4) is 0 Å². The fourth-order valence-electron chi connectivity index (χ4n) is 4.67. The van der Waals surface area contributed by atoms with Gasteiger partial charge in [-0.2, -0.15) is 0 Å². The average molecular weight is 211 g/mol. The first kappa shape index (κ1) is 9.61. The van der Waals surface area contributed by atoms with Crippen LogP contribution in [0.1, 0.15) is 45.4 Å². The summed E-state index contributed by atoms with van der Waals surface area (Å²) < 4.78 is 14.4. The molecule has 0 aromatic carbocycles. The quantitative estimate of drug-likeness (QED) is 0.707. The Morgan fingerprint density at radius 2 is 1.87 bits per heavy atom. The molecule has 1 N–H and O–H groups in total. The number of hydrogen-bond donors (Lipinski definition) is 1. The van der Waals surface area contributed by atoms with Crippen molar-refractivity contribution in [2.45, 2.75) is 56.7 Å². The summed E-state index contributed by atoms with van der Waals surface area (Å²) in [4.78, 5) is 11.2. The lowest BCUT2D eigenvalue weighted by Gasteiger charge is -2.59. The number of carbonyl (C=O) groups is 1. The van der Waals surface area contributed by atoms with Gasteiger partial charge in [-0.3, -0.25) is 4.79 Å². The van der Waals surface area contributed by atoms with E-state index in [0.717, 1.165) is 25.7 Å². The minimum absolute atomic E-state index is 0.000509. The lowest BCUT2D eigenvalue weighted by molar-refractivity contribution is -0.131. The molecule has 0 aromatic rings. The summed E-state index contributed by atoms with van der Waals surface area (Å²) in [6.45, 7) is 1.55. The van der Waals surface area contributed by atoms with Crippen molar-refractivity contribution in [3.05, 3.63) is 0 Å². The number of rotatable bonds is 1. The van der Waals surface area contributed by atoms with Crippen LogP contribution in [0.15, 0.2) is 0 Å². The summed E-state index contributed by atoms with van der Waals surface area (Å²) in [6.07, 6.45) is 5.25. The molecule has 1 amide bonds. The summed E-state index contributed by atoms with van der Waals surface area (Å²) in [5.41, 5.74) is -1.16. The molecule has 2 unspecified atom stereocenters. The van der Waals surface area contributed by atoms with E-state index in [-0.39, 0.29) is 11.4 Å². The van der Waals surface area contributed by atoms with E-state index in [0.29, 0.717) is 18.3 Å². The third kappa shape index (κ3) is 1.47. The molecule has 4 rings (SSSR count). The van der Waals surface area contributed by atoms with Crippen LogP contribution >= 0.6 is 0 Å². The van der Waals surface area contributed by atoms with Gasteiger partial charge in [0.15, 0.2) is 0 Å². The smallest absolute Gasteiger partial charge is 0.217 e. The summed E-state index contributed by atoms with van der Waals surface area (Å²) in [5.74, 6) is 1.03. The summed E-state index contributed by atoms with van der Waals surface area (Å²) >= 11 is 0. The molecule has 4 atom stereocenters. The Kier molecular flexibility index (Phi) is 1.76. The predicted octanol–water partition coefficient (Wildman–Crippen LogP) is 2.18. The van der Waals surface area contributed by atoms with E-state index in [9.17, 15) is 9.18 Å². The van der Waals surface area contributed by atoms with Crippen LogP contribution < -0.4 is 5.32 Å². The second kappa shape index (κ2) is 2.74. The highest BCUT2D eigenvalue weighted by atomic mass is 19.1. The fraction of sp³-hybridized carbons (Fsp3) is 0.917. The monoisotopic (exact) mass is 211 g/mol. The largest absolute Gasteiger partial charge is 0.351 e. The molecule has 0 saturated heterocycles. The number of alkyl halides is 1. The highest BCUT2D eigenvalue weighted by Gasteiger charge is 2.58. The molecule has 4 aliphatic carbocycles. The minimum Gasteiger partial charge on any atom is -0.351 e. The van der Waals surface area contributed by atoms with Gasteiger partial charge in [-0.15, -0.1) is 0 Å². The maximum atomic E-state index is 14.4. The number of hydrogen-bond acceptors (Lipinski definition) is 1. The normalized spacial score (nSPS) is 51.9. The molecule has 4 bridgehead atoms. The Labute approximate surface area is 89.6 Å². The van der Waals surface area contributed by atoms with Gasteiger partial charge >= 0.3 is 0 Å². The maximum absolute atomic E-state index is 14.4. The molecule has 2 nitrogen and oxygen atoms in total. The standard InChI is InChI=1S/C12H18FNO/c1-8(15)14-12-5-9-2-10(6-12)4-11(13,3-9)7-12/h9-10H,2-7H2,1H3,(H,14,15)/t9-,10+,11?,12?. The van der Waals surface area contributed by atoms with E-state index in [1.807, 2.05) is 0 Å². The Hall–Kier alpha value is -0.600. The van der Waals surface area contributed by atoms with Crippen LogP contribution in [0.25, 0.3) is 0 Å². The van der Waals surface area contributed by atoms with E-state index in [4.69, 9.17) is 0 Å². The molecule has 0 radical (unpaired) electrons. The van der Waals surface area contributed by atoms with Gasteiger partial charge in [0.1, 0.15) is 5.67 Å². The van der Waals surface area contributed by atoms with Crippen LogP contribution in [-0.4, -0.2) is 17.1 Å². The molecule has 4 fully saturated rings. The van der Waals surface area contributed by atoms with Crippen molar-refractivity contribution < 1.29 is 9.18 Å². The van der Waals surface area contributed by atoms with Gasteiger partial charge in [-0.1, -0.05) is 0 Å². The van der Waals surface area contributed by atoms with E-state index in [2.05, 4.69) is 5.32 Å². The summed E-state index contributed by atoms with van der Waals surface area (Å²) in [6, 6.07) is 0. The molecule has 0 heterocycles. The second-order valence-electron chi connectivity index (χ2n) is 6.07. The molecule has 84 valence electrons. The number of nitrogens with one attached hydrogen (secondary N) is 1. The van der Waals surface area contributed by atoms with Crippen LogP contribution in [0.5, 0.6) is 0 Å². The Morgan fingerprint density at radius 1 is 1.27 bits per heavy atom.